The van der Waals surface area contributed by atoms with Gasteiger partial charge in [0.15, 0.2) is 0 Å². The van der Waals surface area contributed by atoms with Crippen LogP contribution in [0.3, 0.4) is 0 Å². The zero-order chi connectivity index (χ0) is 10.7. The van der Waals surface area contributed by atoms with Crippen molar-refractivity contribution in [3.05, 3.63) is 28.8 Å². The van der Waals surface area contributed by atoms with Crippen LogP contribution < -0.4 is 10.5 Å². The first-order valence-electron chi connectivity index (χ1n) is 3.93. The molecule has 0 spiro atoms. The molecule has 0 amide bonds. The third-order valence-corrected chi connectivity index (χ3v) is 2.06. The van der Waals surface area contributed by atoms with Crippen molar-refractivity contribution >= 4 is 11.6 Å². The van der Waals surface area contributed by atoms with E-state index in [2.05, 4.69) is 0 Å². The fraction of sp³-hybridized carbons (Fsp3) is 0.333. The molecule has 1 atom stereocenters. The van der Waals surface area contributed by atoms with E-state index in [4.69, 9.17) is 22.1 Å². The molecule has 0 aliphatic heterocycles. The largest absolute Gasteiger partial charge is 0.496 e. The first-order valence-corrected chi connectivity index (χ1v) is 4.31. The van der Waals surface area contributed by atoms with Crippen molar-refractivity contribution in [2.45, 2.75) is 12.5 Å². The summed E-state index contributed by atoms with van der Waals surface area (Å²) in [5.74, 6) is 0.321. The molecule has 14 heavy (non-hydrogen) atoms. The van der Waals surface area contributed by atoms with E-state index in [0.717, 1.165) is 0 Å². The molecule has 0 heterocycles. The minimum Gasteiger partial charge on any atom is -0.496 e. The highest BCUT2D eigenvalue weighted by Crippen LogP contribution is 2.29. The van der Waals surface area contributed by atoms with Crippen LogP contribution in [-0.4, -0.2) is 13.5 Å². The van der Waals surface area contributed by atoms with E-state index >= 15 is 0 Å². The van der Waals surface area contributed by atoms with Crippen LogP contribution in [-0.2, 0) is 0 Å². The van der Waals surface area contributed by atoms with Gasteiger partial charge in [-0.15, -0.1) is 0 Å². The highest BCUT2D eigenvalue weighted by molar-refractivity contribution is 6.30. The van der Waals surface area contributed by atoms with Gasteiger partial charge in [-0.3, -0.25) is 0 Å². The SMILES string of the molecule is COc1ccc(Cl)cc1[C@@H](N)C(F)F. The Kier molecular flexibility index (Phi) is 3.66. The maximum Gasteiger partial charge on any atom is 0.257 e. The van der Waals surface area contributed by atoms with E-state index in [9.17, 15) is 8.78 Å². The van der Waals surface area contributed by atoms with Gasteiger partial charge in [0, 0.05) is 10.6 Å². The molecule has 2 nitrogen and oxygen atoms in total. The summed E-state index contributed by atoms with van der Waals surface area (Å²) in [5, 5.41) is 0.358. The quantitative estimate of drug-likeness (QED) is 0.852. The Morgan fingerprint density at radius 1 is 1.43 bits per heavy atom. The number of hydrogen-bond acceptors (Lipinski definition) is 2. The smallest absolute Gasteiger partial charge is 0.257 e. The predicted octanol–water partition coefficient (Wildman–Crippen LogP) is 2.61. The number of alkyl halides is 2. The molecule has 0 aliphatic carbocycles. The monoisotopic (exact) mass is 221 g/mol. The first kappa shape index (κ1) is 11.2. The summed E-state index contributed by atoms with van der Waals surface area (Å²) in [6.45, 7) is 0. The molecule has 0 bridgehead atoms. The van der Waals surface area contributed by atoms with Gasteiger partial charge in [0.05, 0.1) is 13.2 Å². The Balaban J connectivity index is 3.10. The van der Waals surface area contributed by atoms with Crippen LogP contribution in [0.25, 0.3) is 0 Å². The van der Waals surface area contributed by atoms with Gasteiger partial charge in [0.2, 0.25) is 0 Å². The zero-order valence-electron chi connectivity index (χ0n) is 7.51. The Labute approximate surface area is 85.6 Å². The van der Waals surface area contributed by atoms with E-state index in [0.29, 0.717) is 10.8 Å². The van der Waals surface area contributed by atoms with Crippen LogP contribution in [0.4, 0.5) is 8.78 Å². The topological polar surface area (TPSA) is 35.2 Å². The molecule has 78 valence electrons. The van der Waals surface area contributed by atoms with E-state index in [1.807, 2.05) is 0 Å². The van der Waals surface area contributed by atoms with Crippen LogP contribution in [0.2, 0.25) is 5.02 Å². The molecule has 1 aromatic carbocycles. The summed E-state index contributed by atoms with van der Waals surface area (Å²) in [6.07, 6.45) is -2.64. The summed E-state index contributed by atoms with van der Waals surface area (Å²) < 4.78 is 29.6. The minimum atomic E-state index is -2.64. The van der Waals surface area contributed by atoms with Crippen molar-refractivity contribution in [1.29, 1.82) is 0 Å². The molecule has 0 saturated carbocycles. The highest BCUT2D eigenvalue weighted by atomic mass is 35.5. The van der Waals surface area contributed by atoms with Crippen LogP contribution >= 0.6 is 11.6 Å². The maximum absolute atomic E-state index is 12.3. The lowest BCUT2D eigenvalue weighted by atomic mass is 10.1. The Morgan fingerprint density at radius 3 is 2.57 bits per heavy atom. The molecule has 0 aromatic heterocycles. The van der Waals surface area contributed by atoms with Crippen molar-refractivity contribution in [2.75, 3.05) is 7.11 Å². The van der Waals surface area contributed by atoms with Gasteiger partial charge in [0.1, 0.15) is 5.75 Å². The maximum atomic E-state index is 12.3. The number of halogens is 3. The van der Waals surface area contributed by atoms with E-state index in [1.165, 1.54) is 19.2 Å². The molecule has 0 unspecified atom stereocenters. The minimum absolute atomic E-state index is 0.218. The molecule has 0 fully saturated rings. The molecular formula is C9H10ClF2NO. The molecule has 0 aliphatic rings. The normalized spacial score (nSPS) is 13.0. The molecule has 0 radical (unpaired) electrons. The standard InChI is InChI=1S/C9H10ClF2NO/c1-14-7-3-2-5(10)4-6(7)8(13)9(11)12/h2-4,8-9H,13H2,1H3/t8-/m1/s1. The molecule has 1 rings (SSSR count). The zero-order valence-corrected chi connectivity index (χ0v) is 8.26. The van der Waals surface area contributed by atoms with Gasteiger partial charge < -0.3 is 10.5 Å². The number of nitrogens with two attached hydrogens (primary N) is 1. The van der Waals surface area contributed by atoms with Crippen LogP contribution in [0, 0.1) is 0 Å². The number of hydrogen-bond donors (Lipinski definition) is 1. The summed E-state index contributed by atoms with van der Waals surface area (Å²) >= 11 is 5.67. The van der Waals surface area contributed by atoms with Gasteiger partial charge in [-0.2, -0.15) is 0 Å². The second-order valence-corrected chi connectivity index (χ2v) is 3.18. The Bertz CT molecular complexity index is 320. The summed E-state index contributed by atoms with van der Waals surface area (Å²) in [4.78, 5) is 0. The number of benzene rings is 1. The van der Waals surface area contributed by atoms with Gasteiger partial charge in [-0.25, -0.2) is 8.78 Å². The fourth-order valence-electron chi connectivity index (χ4n) is 1.10. The van der Waals surface area contributed by atoms with Crippen LogP contribution in [0.1, 0.15) is 11.6 Å². The van der Waals surface area contributed by atoms with Crippen molar-refractivity contribution in [3.8, 4) is 5.75 Å². The van der Waals surface area contributed by atoms with Crippen molar-refractivity contribution in [3.63, 3.8) is 0 Å². The summed E-state index contributed by atoms with van der Waals surface area (Å²) in [6, 6.07) is 3.09. The third-order valence-electron chi connectivity index (χ3n) is 1.82. The lowest BCUT2D eigenvalue weighted by molar-refractivity contribution is 0.115. The van der Waals surface area contributed by atoms with Gasteiger partial charge in [-0.05, 0) is 18.2 Å². The van der Waals surface area contributed by atoms with E-state index in [1.54, 1.807) is 6.07 Å². The van der Waals surface area contributed by atoms with E-state index < -0.39 is 12.5 Å². The lowest BCUT2D eigenvalue weighted by Crippen LogP contribution is -2.19. The van der Waals surface area contributed by atoms with Crippen molar-refractivity contribution in [2.24, 2.45) is 5.73 Å². The van der Waals surface area contributed by atoms with Gasteiger partial charge in [0.25, 0.3) is 6.43 Å². The van der Waals surface area contributed by atoms with Crippen LogP contribution in [0.5, 0.6) is 5.75 Å². The van der Waals surface area contributed by atoms with Gasteiger partial charge >= 0.3 is 0 Å². The third kappa shape index (κ3) is 2.33. The predicted molar refractivity (Wildman–Crippen MR) is 50.9 cm³/mol. The summed E-state index contributed by atoms with van der Waals surface area (Å²) in [5.41, 5.74) is 5.51. The fourth-order valence-corrected chi connectivity index (χ4v) is 1.28. The number of methoxy groups -OCH3 is 1. The number of rotatable bonds is 3. The van der Waals surface area contributed by atoms with Crippen LogP contribution in [0.15, 0.2) is 18.2 Å². The average Bonchev–Trinajstić information content (AvgIpc) is 2.16. The summed E-state index contributed by atoms with van der Waals surface area (Å²) in [7, 11) is 1.39. The molecular weight excluding hydrogens is 212 g/mol. The average molecular weight is 222 g/mol. The van der Waals surface area contributed by atoms with Crippen molar-refractivity contribution in [1.82, 2.24) is 0 Å². The van der Waals surface area contributed by atoms with Crippen molar-refractivity contribution < 1.29 is 13.5 Å². The number of ether oxygens (including phenoxy) is 1. The second-order valence-electron chi connectivity index (χ2n) is 2.75. The lowest BCUT2D eigenvalue weighted by Gasteiger charge is -2.14. The molecule has 2 N–H and O–H groups in total. The highest BCUT2D eigenvalue weighted by Gasteiger charge is 2.21. The second kappa shape index (κ2) is 4.57. The molecule has 0 saturated heterocycles. The first-order chi connectivity index (χ1) is 6.56. The molecule has 1 aromatic rings. The Hall–Kier alpha value is -0.870. The Morgan fingerprint density at radius 2 is 2.07 bits per heavy atom. The van der Waals surface area contributed by atoms with E-state index in [-0.39, 0.29) is 5.56 Å². The molecule has 5 heteroatoms. The van der Waals surface area contributed by atoms with Gasteiger partial charge in [-0.1, -0.05) is 11.6 Å².